The Morgan fingerprint density at radius 2 is 2.03 bits per heavy atom. The number of nitrogens with zero attached hydrogens (tertiary/aromatic N) is 4. The number of carbonyl (C=O) groups excluding carboxylic acids is 1. The van der Waals surface area contributed by atoms with Crippen LogP contribution >= 0.6 is 23.2 Å². The molecule has 2 aromatic rings. The number of hydrogen-bond donors (Lipinski definition) is 1. The van der Waals surface area contributed by atoms with Crippen LogP contribution in [0.4, 0.5) is 5.69 Å². The van der Waals surface area contributed by atoms with Crippen LogP contribution in [0.2, 0.25) is 10.2 Å². The Labute approximate surface area is 193 Å². The normalized spacial score (nSPS) is 24.9. The Hall–Kier alpha value is -1.83. The van der Waals surface area contributed by atoms with Gasteiger partial charge in [-0.25, -0.2) is 9.97 Å². The van der Waals surface area contributed by atoms with Crippen molar-refractivity contribution in [3.05, 3.63) is 40.8 Å². The third-order valence-corrected chi connectivity index (χ3v) is 6.98. The molecule has 1 amide bonds. The first-order valence-corrected chi connectivity index (χ1v) is 11.8. The first-order valence-electron chi connectivity index (χ1n) is 11.0. The molecule has 0 radical (unpaired) electrons. The molecule has 1 saturated carbocycles. The van der Waals surface area contributed by atoms with Crippen molar-refractivity contribution < 1.29 is 9.21 Å². The van der Waals surface area contributed by atoms with E-state index in [0.717, 1.165) is 63.5 Å². The van der Waals surface area contributed by atoms with Gasteiger partial charge in [-0.2, -0.15) is 0 Å². The molecule has 168 valence electrons. The number of aromatic nitrogens is 2. The maximum absolute atomic E-state index is 12.1. The van der Waals surface area contributed by atoms with Crippen molar-refractivity contribution in [2.24, 2.45) is 5.92 Å². The molecule has 1 atom stereocenters. The number of amides is 1. The van der Waals surface area contributed by atoms with E-state index >= 15 is 0 Å². The lowest BCUT2D eigenvalue weighted by atomic mass is 9.84. The number of halogens is 2. The van der Waals surface area contributed by atoms with Gasteiger partial charge in [0.1, 0.15) is 11.4 Å². The molecule has 2 fully saturated rings. The van der Waals surface area contributed by atoms with Crippen molar-refractivity contribution in [3.8, 4) is 0 Å². The number of anilines is 1. The molecule has 1 unspecified atom stereocenters. The second-order valence-electron chi connectivity index (χ2n) is 8.62. The molecule has 4 rings (SSSR count). The van der Waals surface area contributed by atoms with Gasteiger partial charge in [-0.3, -0.25) is 9.69 Å². The highest BCUT2D eigenvalue weighted by Crippen LogP contribution is 2.31. The average molecular weight is 466 g/mol. The smallest absolute Gasteiger partial charge is 0.307 e. The molecule has 2 aromatic heterocycles. The van der Waals surface area contributed by atoms with Crippen molar-refractivity contribution >= 4 is 34.8 Å². The molecule has 1 aliphatic carbocycles. The van der Waals surface area contributed by atoms with Gasteiger partial charge in [0.25, 0.3) is 5.89 Å². The fourth-order valence-corrected chi connectivity index (χ4v) is 5.13. The van der Waals surface area contributed by atoms with E-state index in [1.165, 1.54) is 18.9 Å². The molecule has 9 heteroatoms. The highest BCUT2D eigenvalue weighted by Gasteiger charge is 2.28. The molecule has 0 aromatic carbocycles. The van der Waals surface area contributed by atoms with E-state index in [2.05, 4.69) is 32.0 Å². The highest BCUT2D eigenvalue weighted by molar-refractivity contribution is 6.34. The lowest BCUT2D eigenvalue weighted by Crippen LogP contribution is -2.52. The number of piperazine rings is 1. The fraction of sp³-hybridized carbons (Fsp3) is 0.591. The minimum atomic E-state index is -0.212. The molecular weight excluding hydrogens is 437 g/mol. The van der Waals surface area contributed by atoms with Crippen LogP contribution in [0.3, 0.4) is 0 Å². The zero-order valence-electron chi connectivity index (χ0n) is 17.8. The minimum Gasteiger partial charge on any atom is -0.441 e. The summed E-state index contributed by atoms with van der Waals surface area (Å²) in [7, 11) is 0. The van der Waals surface area contributed by atoms with Gasteiger partial charge in [0, 0.05) is 44.0 Å². The van der Waals surface area contributed by atoms with Crippen LogP contribution in [0.15, 0.2) is 29.1 Å². The van der Waals surface area contributed by atoms with E-state index in [0.29, 0.717) is 16.2 Å². The van der Waals surface area contributed by atoms with E-state index in [4.69, 9.17) is 27.6 Å². The molecule has 7 nitrogen and oxygen atoms in total. The quantitative estimate of drug-likeness (QED) is 0.642. The SMILES string of the molecule is CC1CN(CCC2CCC(NC(=O)c3ncco3)CC2)CCN1c1cc(Cl)ncc1Cl. The fourth-order valence-electron chi connectivity index (χ4n) is 4.76. The predicted octanol–water partition coefficient (Wildman–Crippen LogP) is 4.27. The second-order valence-corrected chi connectivity index (χ2v) is 9.41. The van der Waals surface area contributed by atoms with Crippen LogP contribution < -0.4 is 10.2 Å². The summed E-state index contributed by atoms with van der Waals surface area (Å²) in [5.41, 5.74) is 0.971. The van der Waals surface area contributed by atoms with E-state index in [9.17, 15) is 4.79 Å². The third kappa shape index (κ3) is 5.70. The van der Waals surface area contributed by atoms with Crippen LogP contribution in [0.25, 0.3) is 0 Å². The topological polar surface area (TPSA) is 74.5 Å². The summed E-state index contributed by atoms with van der Waals surface area (Å²) in [5.74, 6) is 0.651. The standard InChI is InChI=1S/C22H29Cl2N5O2/c1-15-14-28(9-10-29(15)19-12-20(24)26-13-18(19)23)8-6-16-2-4-17(5-3-16)27-21(30)22-25-7-11-31-22/h7,11-13,15-17H,2-6,8-10,14H2,1H3,(H,27,30). The molecular formula is C22H29Cl2N5O2. The molecule has 1 aliphatic heterocycles. The van der Waals surface area contributed by atoms with Crippen LogP contribution in [-0.2, 0) is 0 Å². The Bertz CT molecular complexity index is 871. The number of carbonyl (C=O) groups is 1. The molecule has 2 aliphatic rings. The molecule has 1 N–H and O–H groups in total. The van der Waals surface area contributed by atoms with Gasteiger partial charge < -0.3 is 14.6 Å². The molecule has 31 heavy (non-hydrogen) atoms. The van der Waals surface area contributed by atoms with Crippen molar-refractivity contribution in [1.82, 2.24) is 20.2 Å². The van der Waals surface area contributed by atoms with Gasteiger partial charge >= 0.3 is 5.91 Å². The number of hydrogen-bond acceptors (Lipinski definition) is 6. The summed E-state index contributed by atoms with van der Waals surface area (Å²) >= 11 is 12.4. The maximum Gasteiger partial charge on any atom is 0.307 e. The summed E-state index contributed by atoms with van der Waals surface area (Å²) in [5, 5.41) is 4.17. The van der Waals surface area contributed by atoms with Crippen molar-refractivity contribution in [1.29, 1.82) is 0 Å². The van der Waals surface area contributed by atoms with Crippen LogP contribution in [-0.4, -0.2) is 59.0 Å². The lowest BCUT2D eigenvalue weighted by Gasteiger charge is -2.42. The van der Waals surface area contributed by atoms with Gasteiger partial charge in [0.2, 0.25) is 0 Å². The van der Waals surface area contributed by atoms with Crippen LogP contribution in [0, 0.1) is 5.92 Å². The van der Waals surface area contributed by atoms with Crippen molar-refractivity contribution in [2.45, 2.75) is 51.1 Å². The van der Waals surface area contributed by atoms with E-state index in [-0.39, 0.29) is 17.8 Å². The summed E-state index contributed by atoms with van der Waals surface area (Å²) in [6.45, 7) is 6.31. The Kier molecular flexibility index (Phi) is 7.35. The zero-order valence-corrected chi connectivity index (χ0v) is 19.3. The van der Waals surface area contributed by atoms with E-state index in [1.807, 2.05) is 6.07 Å². The average Bonchev–Trinajstić information content (AvgIpc) is 3.30. The highest BCUT2D eigenvalue weighted by atomic mass is 35.5. The number of oxazole rings is 1. The first-order chi connectivity index (χ1) is 15.0. The number of nitrogens with one attached hydrogen (secondary N) is 1. The molecule has 1 saturated heterocycles. The Balaban J connectivity index is 1.19. The van der Waals surface area contributed by atoms with Crippen LogP contribution in [0.5, 0.6) is 0 Å². The zero-order chi connectivity index (χ0) is 21.8. The first kappa shape index (κ1) is 22.4. The maximum atomic E-state index is 12.1. The van der Waals surface area contributed by atoms with Gasteiger partial charge in [-0.05, 0) is 51.5 Å². The third-order valence-electron chi connectivity index (χ3n) is 6.48. The van der Waals surface area contributed by atoms with E-state index in [1.54, 1.807) is 6.20 Å². The van der Waals surface area contributed by atoms with Gasteiger partial charge in [0.05, 0.1) is 16.9 Å². The molecule has 0 spiro atoms. The summed E-state index contributed by atoms with van der Waals surface area (Å²) in [6.07, 6.45) is 10.1. The monoisotopic (exact) mass is 465 g/mol. The largest absolute Gasteiger partial charge is 0.441 e. The van der Waals surface area contributed by atoms with Gasteiger partial charge in [-0.15, -0.1) is 0 Å². The summed E-state index contributed by atoms with van der Waals surface area (Å²) < 4.78 is 5.07. The van der Waals surface area contributed by atoms with Crippen LogP contribution in [0.1, 0.15) is 49.7 Å². The number of pyridine rings is 1. The van der Waals surface area contributed by atoms with Crippen molar-refractivity contribution in [3.63, 3.8) is 0 Å². The van der Waals surface area contributed by atoms with Gasteiger partial charge in [-0.1, -0.05) is 23.2 Å². The Morgan fingerprint density at radius 1 is 1.23 bits per heavy atom. The van der Waals surface area contributed by atoms with Crippen molar-refractivity contribution in [2.75, 3.05) is 31.1 Å². The minimum absolute atomic E-state index is 0.144. The second kappa shape index (κ2) is 10.2. The molecule has 0 bridgehead atoms. The summed E-state index contributed by atoms with van der Waals surface area (Å²) in [4.78, 5) is 24.9. The predicted molar refractivity (Wildman–Crippen MR) is 122 cm³/mol. The lowest BCUT2D eigenvalue weighted by molar-refractivity contribution is 0.0884. The van der Waals surface area contributed by atoms with Gasteiger partial charge in [0.15, 0.2) is 0 Å². The number of rotatable bonds is 6. The van der Waals surface area contributed by atoms with E-state index < -0.39 is 0 Å². The molecule has 3 heterocycles. The Morgan fingerprint density at radius 3 is 2.74 bits per heavy atom. The summed E-state index contributed by atoms with van der Waals surface area (Å²) in [6, 6.07) is 2.44.